The average Bonchev–Trinajstić information content (AvgIpc) is 3.74. The zero-order valence-corrected chi connectivity index (χ0v) is 35.9. The van der Waals surface area contributed by atoms with Crippen molar-refractivity contribution in [2.24, 2.45) is 11.3 Å². The number of methoxy groups -OCH3 is 1. The zero-order valence-electron chi connectivity index (χ0n) is 35.9. The van der Waals surface area contributed by atoms with E-state index in [0.29, 0.717) is 31.5 Å². The molecule has 5 aromatic rings. The summed E-state index contributed by atoms with van der Waals surface area (Å²) in [6, 6.07) is 23.0. The number of carbonyl (C=O) groups is 3. The van der Waals surface area contributed by atoms with Crippen LogP contribution in [-0.2, 0) is 20.8 Å². The first kappa shape index (κ1) is 43.1. The summed E-state index contributed by atoms with van der Waals surface area (Å²) in [7, 11) is 3.49. The second-order valence-corrected chi connectivity index (χ2v) is 17.5. The molecule has 2 aliphatic carbocycles. The number of nitrogens with zero attached hydrogens (tertiary/aromatic N) is 4. The van der Waals surface area contributed by atoms with Crippen LogP contribution in [0.3, 0.4) is 0 Å². The number of ether oxygens (including phenoxy) is 2. The van der Waals surface area contributed by atoms with Gasteiger partial charge >= 0.3 is 12.2 Å². The van der Waals surface area contributed by atoms with Crippen molar-refractivity contribution < 1.29 is 23.9 Å². The second-order valence-electron chi connectivity index (χ2n) is 17.5. The molecule has 2 saturated carbocycles. The molecule has 3 unspecified atom stereocenters. The number of aldehydes is 1. The van der Waals surface area contributed by atoms with Crippen LogP contribution in [-0.4, -0.2) is 87.1 Å². The predicted octanol–water partition coefficient (Wildman–Crippen LogP) is 9.94. The van der Waals surface area contributed by atoms with Gasteiger partial charge in [-0.25, -0.2) is 19.6 Å². The lowest BCUT2D eigenvalue weighted by Gasteiger charge is -2.30. The number of aromatic nitrogens is 4. The highest BCUT2D eigenvalue weighted by molar-refractivity contribution is 5.90. The lowest BCUT2D eigenvalue weighted by Crippen LogP contribution is -2.39. The predicted molar refractivity (Wildman–Crippen MR) is 233 cm³/mol. The molecule has 8 rings (SSSR count). The van der Waals surface area contributed by atoms with E-state index in [0.717, 1.165) is 58.3 Å². The fourth-order valence-electron chi connectivity index (χ4n) is 8.00. The van der Waals surface area contributed by atoms with Crippen molar-refractivity contribution in [2.75, 3.05) is 27.2 Å². The summed E-state index contributed by atoms with van der Waals surface area (Å²) in [6.45, 7) is 13.2. The Balaban J connectivity index is 0.000000473. The zero-order chi connectivity index (χ0) is 42.3. The molecule has 3 fully saturated rings. The Morgan fingerprint density at radius 3 is 2.14 bits per heavy atom. The smallest absolute Gasteiger partial charge is 0.410 e. The van der Waals surface area contributed by atoms with E-state index in [9.17, 15) is 14.4 Å². The second kappa shape index (κ2) is 18.6. The van der Waals surface area contributed by atoms with Crippen LogP contribution >= 0.6 is 0 Å². The Kier molecular flexibility index (Phi) is 13.6. The van der Waals surface area contributed by atoms with Gasteiger partial charge in [-0.05, 0) is 111 Å². The molecule has 3 aromatic carbocycles. The van der Waals surface area contributed by atoms with Gasteiger partial charge in [-0.1, -0.05) is 75.7 Å². The molecule has 2 amide bonds. The van der Waals surface area contributed by atoms with Gasteiger partial charge in [-0.2, -0.15) is 0 Å². The summed E-state index contributed by atoms with van der Waals surface area (Å²) in [5.41, 5.74) is 6.23. The molecule has 314 valence electrons. The molecule has 3 heterocycles. The minimum Gasteiger partial charge on any atom is -0.453 e. The third kappa shape index (κ3) is 11.0. The number of hydrogen-bond donors (Lipinski definition) is 3. The normalized spacial score (nSPS) is 18.9. The Morgan fingerprint density at radius 2 is 1.53 bits per heavy atom. The van der Waals surface area contributed by atoms with Crippen LogP contribution in [0.25, 0.3) is 44.4 Å². The van der Waals surface area contributed by atoms with E-state index in [1.807, 2.05) is 33.2 Å². The highest BCUT2D eigenvalue weighted by Gasteiger charge is 2.45. The minimum atomic E-state index is -0.586. The molecule has 12 heteroatoms. The summed E-state index contributed by atoms with van der Waals surface area (Å²) in [4.78, 5) is 53.5. The van der Waals surface area contributed by atoms with E-state index in [1.54, 1.807) is 4.90 Å². The van der Waals surface area contributed by atoms with Gasteiger partial charge in [0.1, 0.15) is 23.5 Å². The monoisotopic (exact) mass is 803 g/mol. The highest BCUT2D eigenvalue weighted by atomic mass is 16.6. The summed E-state index contributed by atoms with van der Waals surface area (Å²) < 4.78 is 9.87. The van der Waals surface area contributed by atoms with E-state index < -0.39 is 11.7 Å². The third-order valence-corrected chi connectivity index (χ3v) is 11.3. The lowest BCUT2D eigenvalue weighted by atomic mass is 9.98. The Bertz CT molecular complexity index is 2200. The van der Waals surface area contributed by atoms with Gasteiger partial charge in [0.25, 0.3) is 0 Å². The standard InChI is InChI=1S/C40H46N6O2.C4H7NO3.C3H8/c1-39(2,3)48-38(47)46(24-40(4)16-17-40)23-35-41-21-34(43-35)30-13-12-28-18-27(10-11-29(28)19-30)25-6-8-26(9-7-25)33-22-42-37(44-33)36-31-14-15-32(20-31)45(36)5;1-8-4(7)5-2-3-6;1-3-2/h6-13,18-19,21-22,31-32,36H,14-17,20,23-24H2,1-5H3,(H,41,43)(H,42,44);3H,2H2,1H3,(H,5,7);3H2,1-2H3. The number of aromatic amines is 2. The Hall–Kier alpha value is -5.49. The number of hydrogen-bond acceptors (Lipinski definition) is 8. The van der Waals surface area contributed by atoms with E-state index in [4.69, 9.17) is 9.72 Å². The third-order valence-electron chi connectivity index (χ3n) is 11.3. The lowest BCUT2D eigenvalue weighted by molar-refractivity contribution is -0.107. The molecule has 3 atom stereocenters. The number of H-pyrrole nitrogens is 2. The number of fused-ring (bicyclic) bond motifs is 3. The molecule has 3 N–H and O–H groups in total. The molecule has 59 heavy (non-hydrogen) atoms. The number of benzene rings is 3. The molecule has 2 aromatic heterocycles. The molecule has 2 bridgehead atoms. The van der Waals surface area contributed by atoms with Crippen LogP contribution in [0, 0.1) is 11.3 Å². The minimum absolute atomic E-state index is 0.00662. The van der Waals surface area contributed by atoms with Gasteiger partial charge in [0.2, 0.25) is 0 Å². The van der Waals surface area contributed by atoms with Gasteiger partial charge in [-0.3, -0.25) is 4.90 Å². The van der Waals surface area contributed by atoms with Gasteiger partial charge in [0.05, 0.1) is 50.0 Å². The number of piperidine rings is 1. The Morgan fingerprint density at radius 1 is 0.915 bits per heavy atom. The number of rotatable bonds is 10. The van der Waals surface area contributed by atoms with Gasteiger partial charge in [0, 0.05) is 18.2 Å². The SMILES string of the molecule is CCC.CN1C2CCC(C2)C1c1ncc(-c2ccc(-c3ccc4cc(-c5cnc(CN(CC6(C)CC6)C(=O)OC(C)(C)C)[nH]5)ccc4c3)cc2)[nH]1.COC(=O)NCC=O. The molecule has 0 spiro atoms. The first-order chi connectivity index (χ1) is 28.2. The van der Waals surface area contributed by atoms with Crippen molar-refractivity contribution >= 4 is 29.2 Å². The first-order valence-corrected chi connectivity index (χ1v) is 20.9. The molecule has 1 aliphatic heterocycles. The van der Waals surface area contributed by atoms with Crippen molar-refractivity contribution in [3.63, 3.8) is 0 Å². The van der Waals surface area contributed by atoms with Crippen molar-refractivity contribution in [1.82, 2.24) is 35.1 Å². The van der Waals surface area contributed by atoms with Crippen LogP contribution in [0.1, 0.15) is 97.8 Å². The first-order valence-electron chi connectivity index (χ1n) is 20.9. The number of likely N-dealkylation sites (tertiary alicyclic amines) is 1. The molecule has 1 saturated heterocycles. The van der Waals surface area contributed by atoms with Gasteiger partial charge in [0.15, 0.2) is 0 Å². The topological polar surface area (TPSA) is 146 Å². The van der Waals surface area contributed by atoms with E-state index in [-0.39, 0.29) is 18.1 Å². The van der Waals surface area contributed by atoms with Crippen molar-refractivity contribution in [3.8, 4) is 33.6 Å². The number of amides is 2. The Labute approximate surface area is 348 Å². The molecular formula is C47H61N7O5. The molecule has 0 radical (unpaired) electrons. The molecule has 12 nitrogen and oxygen atoms in total. The number of alkyl carbamates (subject to hydrolysis) is 1. The fourth-order valence-corrected chi connectivity index (χ4v) is 8.00. The van der Waals surface area contributed by atoms with Gasteiger partial charge < -0.3 is 34.5 Å². The number of nitrogens with one attached hydrogen (secondary N) is 3. The van der Waals surface area contributed by atoms with Crippen LogP contribution in [0.2, 0.25) is 0 Å². The summed E-state index contributed by atoms with van der Waals surface area (Å²) >= 11 is 0. The fraction of sp³-hybridized carbons (Fsp3) is 0.468. The van der Waals surface area contributed by atoms with Crippen LogP contribution in [0.15, 0.2) is 73.1 Å². The van der Waals surface area contributed by atoms with E-state index >= 15 is 0 Å². The average molecular weight is 804 g/mol. The number of imidazole rings is 2. The maximum atomic E-state index is 13.0. The van der Waals surface area contributed by atoms with Crippen molar-refractivity contribution in [1.29, 1.82) is 0 Å². The van der Waals surface area contributed by atoms with Crippen LogP contribution < -0.4 is 5.32 Å². The van der Waals surface area contributed by atoms with Crippen molar-refractivity contribution in [2.45, 2.75) is 104 Å². The van der Waals surface area contributed by atoms with E-state index in [1.165, 1.54) is 49.3 Å². The highest BCUT2D eigenvalue weighted by Crippen LogP contribution is 2.49. The van der Waals surface area contributed by atoms with E-state index in [2.05, 4.69) is 118 Å². The molecular weight excluding hydrogens is 743 g/mol. The maximum Gasteiger partial charge on any atom is 0.410 e. The van der Waals surface area contributed by atoms with Crippen LogP contribution in [0.5, 0.6) is 0 Å². The largest absolute Gasteiger partial charge is 0.453 e. The number of carbonyl (C=O) groups excluding carboxylic acids is 3. The van der Waals surface area contributed by atoms with Crippen LogP contribution in [0.4, 0.5) is 9.59 Å². The summed E-state index contributed by atoms with van der Waals surface area (Å²) in [6.07, 6.45) is 11.0. The quantitative estimate of drug-likeness (QED) is 0.118. The molecule has 3 aliphatic rings. The van der Waals surface area contributed by atoms with Gasteiger partial charge in [-0.15, -0.1) is 0 Å². The summed E-state index contributed by atoms with van der Waals surface area (Å²) in [5, 5.41) is 4.50. The summed E-state index contributed by atoms with van der Waals surface area (Å²) in [5.74, 6) is 2.59. The maximum absolute atomic E-state index is 13.0. The van der Waals surface area contributed by atoms with Crippen molar-refractivity contribution in [3.05, 3.63) is 84.7 Å².